The monoisotopic (exact) mass is 413 g/mol. The maximum Gasteiger partial charge on any atom is 0.276 e. The van der Waals surface area contributed by atoms with E-state index in [-0.39, 0.29) is 11.6 Å². The van der Waals surface area contributed by atoms with Crippen molar-refractivity contribution < 1.29 is 9.53 Å². The number of hydrogen-bond donors (Lipinski definition) is 1. The zero-order valence-corrected chi connectivity index (χ0v) is 15.8. The van der Waals surface area contributed by atoms with Gasteiger partial charge < -0.3 is 15.0 Å². The van der Waals surface area contributed by atoms with Gasteiger partial charge in [0.1, 0.15) is 5.75 Å². The highest BCUT2D eigenvalue weighted by molar-refractivity contribution is 9.10. The third kappa shape index (κ3) is 4.54. The molecule has 132 valence electrons. The van der Waals surface area contributed by atoms with E-state index in [2.05, 4.69) is 36.4 Å². The fourth-order valence-electron chi connectivity index (χ4n) is 2.05. The second kappa shape index (κ2) is 7.92. The van der Waals surface area contributed by atoms with Crippen molar-refractivity contribution >= 4 is 33.3 Å². The number of nitrogens with zero attached hydrogens (tertiary/aromatic N) is 4. The van der Waals surface area contributed by atoms with E-state index in [9.17, 15) is 4.79 Å². The zero-order valence-electron chi connectivity index (χ0n) is 14.2. The van der Waals surface area contributed by atoms with Gasteiger partial charge in [0, 0.05) is 24.6 Å². The molecule has 0 atom stereocenters. The first-order valence-electron chi connectivity index (χ1n) is 7.73. The Morgan fingerprint density at radius 3 is 2.58 bits per heavy atom. The van der Waals surface area contributed by atoms with Crippen molar-refractivity contribution in [1.82, 2.24) is 15.2 Å². The molecule has 0 aliphatic rings. The quantitative estimate of drug-likeness (QED) is 0.685. The lowest BCUT2D eigenvalue weighted by Crippen LogP contribution is -2.16. The Labute approximate surface area is 159 Å². The molecule has 0 aliphatic heterocycles. The largest absolute Gasteiger partial charge is 0.439 e. The molecule has 3 rings (SSSR count). The first kappa shape index (κ1) is 17.8. The van der Waals surface area contributed by atoms with Crippen LogP contribution in [0.3, 0.4) is 0 Å². The van der Waals surface area contributed by atoms with E-state index in [0.29, 0.717) is 23.1 Å². The fraction of sp³-hybridized carbons (Fsp3) is 0.111. The Morgan fingerprint density at radius 2 is 1.96 bits per heavy atom. The molecule has 0 fully saturated rings. The van der Waals surface area contributed by atoms with E-state index in [1.807, 2.05) is 43.3 Å². The van der Waals surface area contributed by atoms with Crippen LogP contribution < -0.4 is 15.0 Å². The van der Waals surface area contributed by atoms with Crippen LogP contribution in [0.5, 0.6) is 11.6 Å². The lowest BCUT2D eigenvalue weighted by Gasteiger charge is -2.10. The molecule has 1 N–H and O–H groups in total. The molecule has 0 saturated carbocycles. The molecule has 0 radical (unpaired) electrons. The van der Waals surface area contributed by atoms with Crippen LogP contribution in [0.25, 0.3) is 0 Å². The van der Waals surface area contributed by atoms with E-state index in [4.69, 9.17) is 4.74 Å². The van der Waals surface area contributed by atoms with Gasteiger partial charge in [-0.25, -0.2) is 4.98 Å². The van der Waals surface area contributed by atoms with E-state index < -0.39 is 0 Å². The summed E-state index contributed by atoms with van der Waals surface area (Å²) in [6.07, 6.45) is 1.52. The molecule has 2 heterocycles. The van der Waals surface area contributed by atoms with Gasteiger partial charge in [-0.1, -0.05) is 22.0 Å². The molecule has 2 aromatic heterocycles. The molecular weight excluding hydrogens is 398 g/mol. The van der Waals surface area contributed by atoms with Gasteiger partial charge >= 0.3 is 0 Å². The van der Waals surface area contributed by atoms with Crippen LogP contribution in [-0.2, 0) is 0 Å². The topological polar surface area (TPSA) is 80.2 Å². The number of anilines is 2. The van der Waals surface area contributed by atoms with Gasteiger partial charge in [-0.3, -0.25) is 4.79 Å². The number of carbonyl (C=O) groups excluding carboxylic acids is 1. The summed E-state index contributed by atoms with van der Waals surface area (Å²) in [7, 11) is 3.71. The summed E-state index contributed by atoms with van der Waals surface area (Å²) in [4.78, 5) is 18.2. The normalized spacial score (nSPS) is 10.3. The molecule has 3 aromatic rings. The van der Waals surface area contributed by atoms with Crippen LogP contribution in [0.15, 0.2) is 59.2 Å². The number of halogens is 1. The second-order valence-electron chi connectivity index (χ2n) is 5.57. The maximum atomic E-state index is 12.2. The number of rotatable bonds is 5. The van der Waals surface area contributed by atoms with Gasteiger partial charge in [0.05, 0.1) is 11.9 Å². The van der Waals surface area contributed by atoms with E-state index in [1.54, 1.807) is 24.3 Å². The predicted molar refractivity (Wildman–Crippen MR) is 103 cm³/mol. The number of pyridine rings is 1. The van der Waals surface area contributed by atoms with Gasteiger partial charge in [0.2, 0.25) is 5.88 Å². The first-order valence-corrected chi connectivity index (χ1v) is 8.52. The zero-order chi connectivity index (χ0) is 18.5. The summed E-state index contributed by atoms with van der Waals surface area (Å²) >= 11 is 3.39. The summed E-state index contributed by atoms with van der Waals surface area (Å²) < 4.78 is 6.58. The van der Waals surface area contributed by atoms with Gasteiger partial charge in [-0.2, -0.15) is 0 Å². The van der Waals surface area contributed by atoms with Crippen molar-refractivity contribution in [2.24, 2.45) is 0 Å². The average molecular weight is 414 g/mol. The summed E-state index contributed by atoms with van der Waals surface area (Å²) in [5.74, 6) is 1.42. The van der Waals surface area contributed by atoms with Crippen molar-refractivity contribution in [3.63, 3.8) is 0 Å². The molecule has 0 unspecified atom stereocenters. The van der Waals surface area contributed by atoms with Crippen LogP contribution >= 0.6 is 15.9 Å². The third-order valence-corrected chi connectivity index (χ3v) is 3.85. The van der Waals surface area contributed by atoms with E-state index in [0.717, 1.165) is 4.47 Å². The molecule has 1 amide bonds. The Bertz CT molecular complexity index is 898. The molecule has 0 aliphatic carbocycles. The molecule has 0 bridgehead atoms. The lowest BCUT2D eigenvalue weighted by molar-refractivity contribution is 0.102. The number of aromatic nitrogens is 3. The minimum atomic E-state index is -0.356. The van der Waals surface area contributed by atoms with E-state index >= 15 is 0 Å². The van der Waals surface area contributed by atoms with E-state index in [1.165, 1.54) is 6.20 Å². The van der Waals surface area contributed by atoms with Crippen LogP contribution in [-0.4, -0.2) is 35.2 Å². The molecule has 1 aromatic carbocycles. The number of benzene rings is 1. The molecule has 8 heteroatoms. The molecule has 0 spiro atoms. The summed E-state index contributed by atoms with van der Waals surface area (Å²) in [6, 6.07) is 14.2. The Hall–Kier alpha value is -3.00. The van der Waals surface area contributed by atoms with Crippen LogP contribution in [0.2, 0.25) is 0 Å². The minimum Gasteiger partial charge on any atom is -0.439 e. The van der Waals surface area contributed by atoms with Crippen LogP contribution in [0, 0.1) is 0 Å². The summed E-state index contributed by atoms with van der Waals surface area (Å²) in [5.41, 5.74) is 0.764. The molecular formula is C18H16BrN5O2. The standard InChI is InChI=1S/C18H16BrN5O2/c1-24(2)16-8-7-15(22-23-16)18(25)21-13-6-9-17(20-11-13)26-14-5-3-4-12(19)10-14/h3-11H,1-2H3,(H,21,25). The second-order valence-corrected chi connectivity index (χ2v) is 6.49. The van der Waals surface area contributed by atoms with Gasteiger partial charge in [-0.05, 0) is 36.4 Å². The third-order valence-electron chi connectivity index (χ3n) is 3.35. The molecule has 26 heavy (non-hydrogen) atoms. The maximum absolute atomic E-state index is 12.2. The van der Waals surface area contributed by atoms with Gasteiger partial charge in [-0.15, -0.1) is 10.2 Å². The highest BCUT2D eigenvalue weighted by atomic mass is 79.9. The van der Waals surface area contributed by atoms with Crippen LogP contribution in [0.1, 0.15) is 10.5 Å². The average Bonchev–Trinajstić information content (AvgIpc) is 2.63. The summed E-state index contributed by atoms with van der Waals surface area (Å²) in [5, 5.41) is 10.6. The van der Waals surface area contributed by atoms with Crippen molar-refractivity contribution in [2.45, 2.75) is 0 Å². The number of amides is 1. The van der Waals surface area contributed by atoms with Gasteiger partial charge in [0.25, 0.3) is 5.91 Å². The van der Waals surface area contributed by atoms with Crippen molar-refractivity contribution in [2.75, 3.05) is 24.3 Å². The minimum absolute atomic E-state index is 0.227. The Kier molecular flexibility index (Phi) is 5.43. The van der Waals surface area contributed by atoms with Crippen molar-refractivity contribution in [3.05, 3.63) is 64.9 Å². The Morgan fingerprint density at radius 1 is 1.12 bits per heavy atom. The summed E-state index contributed by atoms with van der Waals surface area (Å²) in [6.45, 7) is 0. The lowest BCUT2D eigenvalue weighted by atomic mass is 10.3. The van der Waals surface area contributed by atoms with Crippen molar-refractivity contribution in [1.29, 1.82) is 0 Å². The Balaban J connectivity index is 1.64. The fourth-order valence-corrected chi connectivity index (χ4v) is 2.42. The van der Waals surface area contributed by atoms with Crippen LogP contribution in [0.4, 0.5) is 11.5 Å². The number of hydrogen-bond acceptors (Lipinski definition) is 6. The number of carbonyl (C=O) groups is 1. The predicted octanol–water partition coefficient (Wildman–Crippen LogP) is 3.74. The smallest absolute Gasteiger partial charge is 0.276 e. The highest BCUT2D eigenvalue weighted by Crippen LogP contribution is 2.23. The number of nitrogens with one attached hydrogen (secondary N) is 1. The molecule has 7 nitrogen and oxygen atoms in total. The highest BCUT2D eigenvalue weighted by Gasteiger charge is 2.10. The SMILES string of the molecule is CN(C)c1ccc(C(=O)Nc2ccc(Oc3cccc(Br)c3)nc2)nn1. The molecule has 0 saturated heterocycles. The van der Waals surface area contributed by atoms with Crippen molar-refractivity contribution in [3.8, 4) is 11.6 Å². The first-order chi connectivity index (χ1) is 12.5. The van der Waals surface area contributed by atoms with Gasteiger partial charge in [0.15, 0.2) is 11.5 Å². The number of ether oxygens (including phenoxy) is 1.